The first-order valence-electron chi connectivity index (χ1n) is 8.54. The fourth-order valence-corrected chi connectivity index (χ4v) is 2.62. The van der Waals surface area contributed by atoms with Crippen LogP contribution in [-0.4, -0.2) is 54.9 Å². The van der Waals surface area contributed by atoms with E-state index in [2.05, 4.69) is 48.1 Å². The van der Waals surface area contributed by atoms with Crippen LogP contribution in [0.25, 0.3) is 0 Å². The number of likely N-dealkylation sites (tertiary alicyclic amines) is 1. The van der Waals surface area contributed by atoms with Gasteiger partial charge in [0.25, 0.3) is 0 Å². The molecule has 1 saturated heterocycles. The first-order valence-corrected chi connectivity index (χ1v) is 8.54. The lowest BCUT2D eigenvalue weighted by atomic mass is 10.0. The van der Waals surface area contributed by atoms with Gasteiger partial charge in [0.15, 0.2) is 5.96 Å². The second-order valence-electron chi connectivity index (χ2n) is 6.20. The second-order valence-corrected chi connectivity index (χ2v) is 6.20. The molecule has 0 aromatic heterocycles. The van der Waals surface area contributed by atoms with E-state index >= 15 is 0 Å². The van der Waals surface area contributed by atoms with Crippen LogP contribution < -0.4 is 10.1 Å². The highest BCUT2D eigenvalue weighted by molar-refractivity contribution is 14.0. The Labute approximate surface area is 162 Å². The summed E-state index contributed by atoms with van der Waals surface area (Å²) in [6.45, 7) is 9.89. The Morgan fingerprint density at radius 3 is 2.62 bits per heavy atom. The predicted octanol–water partition coefficient (Wildman–Crippen LogP) is 2.84. The number of ether oxygens (including phenoxy) is 1. The highest BCUT2D eigenvalue weighted by Crippen LogP contribution is 2.18. The summed E-state index contributed by atoms with van der Waals surface area (Å²) in [4.78, 5) is 6.69. The average Bonchev–Trinajstić information content (AvgIpc) is 2.97. The van der Waals surface area contributed by atoms with Crippen LogP contribution in [-0.2, 0) is 0 Å². The normalized spacial score (nSPS) is 17.8. The first-order chi connectivity index (χ1) is 11.1. The molecule has 2 N–H and O–H groups in total. The summed E-state index contributed by atoms with van der Waals surface area (Å²) in [6, 6.07) is 8.25. The number of hydrogen-bond acceptors (Lipinski definition) is 3. The van der Waals surface area contributed by atoms with Crippen molar-refractivity contribution in [1.82, 2.24) is 10.2 Å². The molecule has 1 heterocycles. The number of β-amino-alcohol motifs (C(OH)–C–C–N with tert-alkyl or cyclic N) is 1. The van der Waals surface area contributed by atoms with Crippen molar-refractivity contribution in [1.29, 1.82) is 0 Å². The smallest absolute Gasteiger partial charge is 0.194 e. The van der Waals surface area contributed by atoms with Crippen molar-refractivity contribution in [3.63, 3.8) is 0 Å². The Morgan fingerprint density at radius 2 is 2.08 bits per heavy atom. The highest BCUT2D eigenvalue weighted by Gasteiger charge is 2.22. The van der Waals surface area contributed by atoms with Crippen molar-refractivity contribution in [2.24, 2.45) is 4.99 Å². The van der Waals surface area contributed by atoms with Crippen molar-refractivity contribution >= 4 is 29.9 Å². The van der Waals surface area contributed by atoms with Gasteiger partial charge in [-0.05, 0) is 37.0 Å². The van der Waals surface area contributed by atoms with Gasteiger partial charge in [-0.25, -0.2) is 4.99 Å². The molecule has 0 aliphatic carbocycles. The Hall–Kier alpha value is -1.02. The maximum Gasteiger partial charge on any atom is 0.194 e. The zero-order valence-electron chi connectivity index (χ0n) is 14.9. The molecule has 24 heavy (non-hydrogen) atoms. The molecule has 0 spiro atoms. The Morgan fingerprint density at radius 1 is 1.38 bits per heavy atom. The van der Waals surface area contributed by atoms with E-state index in [9.17, 15) is 5.11 Å². The first kappa shape index (κ1) is 21.0. The summed E-state index contributed by atoms with van der Waals surface area (Å²) in [5.41, 5.74) is 1.32. The molecule has 0 amide bonds. The number of guanidine groups is 1. The predicted molar refractivity (Wildman–Crippen MR) is 110 cm³/mol. The minimum absolute atomic E-state index is 0. The Bertz CT molecular complexity index is 505. The van der Waals surface area contributed by atoms with Gasteiger partial charge in [-0.15, -0.1) is 24.0 Å². The summed E-state index contributed by atoms with van der Waals surface area (Å²) >= 11 is 0. The number of aliphatic hydroxyl groups is 1. The van der Waals surface area contributed by atoms with E-state index in [0.717, 1.165) is 31.2 Å². The van der Waals surface area contributed by atoms with E-state index in [1.165, 1.54) is 5.56 Å². The van der Waals surface area contributed by atoms with E-state index in [0.29, 0.717) is 25.6 Å². The fraction of sp³-hybridized carbons (Fsp3) is 0.611. The molecule has 0 bridgehead atoms. The van der Waals surface area contributed by atoms with Gasteiger partial charge in [0.2, 0.25) is 0 Å². The molecule has 0 radical (unpaired) electrons. The lowest BCUT2D eigenvalue weighted by Gasteiger charge is -2.20. The molecule has 1 aromatic carbocycles. The number of rotatable bonds is 6. The lowest BCUT2D eigenvalue weighted by Crippen LogP contribution is -2.40. The molecule has 6 heteroatoms. The summed E-state index contributed by atoms with van der Waals surface area (Å²) in [5.74, 6) is 2.28. The third-order valence-corrected chi connectivity index (χ3v) is 3.97. The zero-order chi connectivity index (χ0) is 16.7. The number of nitrogens with one attached hydrogen (secondary N) is 1. The molecule has 0 saturated carbocycles. The average molecular weight is 447 g/mol. The van der Waals surface area contributed by atoms with Gasteiger partial charge >= 0.3 is 0 Å². The summed E-state index contributed by atoms with van der Waals surface area (Å²) < 4.78 is 5.75. The molecular weight excluding hydrogens is 417 g/mol. The van der Waals surface area contributed by atoms with E-state index < -0.39 is 0 Å². The van der Waals surface area contributed by atoms with Crippen molar-refractivity contribution in [2.75, 3.05) is 32.8 Å². The minimum atomic E-state index is -0.241. The number of nitrogens with zero attached hydrogens (tertiary/aromatic N) is 2. The van der Waals surface area contributed by atoms with Crippen LogP contribution in [0.3, 0.4) is 0 Å². The SMILES string of the molecule is CCNC(=NCCOc1ccc(C(C)C)cc1)N1CC[C@@H](O)C1.I. The lowest BCUT2D eigenvalue weighted by molar-refractivity contribution is 0.187. The topological polar surface area (TPSA) is 57.1 Å². The van der Waals surface area contributed by atoms with E-state index in [1.807, 2.05) is 12.1 Å². The third-order valence-electron chi connectivity index (χ3n) is 3.97. The van der Waals surface area contributed by atoms with Crippen LogP contribution in [0.1, 0.15) is 38.7 Å². The van der Waals surface area contributed by atoms with Crippen LogP contribution in [0.4, 0.5) is 0 Å². The fourth-order valence-electron chi connectivity index (χ4n) is 2.62. The summed E-state index contributed by atoms with van der Waals surface area (Å²) in [5, 5.41) is 12.9. The standard InChI is InChI=1S/C18H29N3O2.HI/c1-4-19-18(21-11-9-16(22)13-21)20-10-12-23-17-7-5-15(6-8-17)14(2)3;/h5-8,14,16,22H,4,9-13H2,1-3H3,(H,19,20);1H/t16-;/m1./s1. The van der Waals surface area contributed by atoms with Crippen molar-refractivity contribution in [3.8, 4) is 5.75 Å². The van der Waals surface area contributed by atoms with Crippen molar-refractivity contribution in [3.05, 3.63) is 29.8 Å². The van der Waals surface area contributed by atoms with Gasteiger partial charge in [0.1, 0.15) is 12.4 Å². The van der Waals surface area contributed by atoms with Crippen LogP contribution in [0.15, 0.2) is 29.3 Å². The van der Waals surface area contributed by atoms with Gasteiger partial charge < -0.3 is 20.1 Å². The number of aliphatic imine (C=N–C) groups is 1. The zero-order valence-corrected chi connectivity index (χ0v) is 17.2. The molecule has 1 aliphatic heterocycles. The van der Waals surface area contributed by atoms with Crippen LogP contribution in [0, 0.1) is 0 Å². The van der Waals surface area contributed by atoms with Gasteiger partial charge in [-0.2, -0.15) is 0 Å². The largest absolute Gasteiger partial charge is 0.492 e. The highest BCUT2D eigenvalue weighted by atomic mass is 127. The molecule has 2 rings (SSSR count). The second kappa shape index (κ2) is 10.8. The van der Waals surface area contributed by atoms with Crippen molar-refractivity contribution in [2.45, 2.75) is 39.2 Å². The van der Waals surface area contributed by atoms with Gasteiger partial charge in [0.05, 0.1) is 12.6 Å². The number of hydrogen-bond donors (Lipinski definition) is 2. The van der Waals surface area contributed by atoms with Crippen LogP contribution >= 0.6 is 24.0 Å². The van der Waals surface area contributed by atoms with Crippen molar-refractivity contribution < 1.29 is 9.84 Å². The van der Waals surface area contributed by atoms with E-state index in [4.69, 9.17) is 4.74 Å². The van der Waals surface area contributed by atoms with Crippen LogP contribution in [0.5, 0.6) is 5.75 Å². The molecule has 0 unspecified atom stereocenters. The molecule has 5 nitrogen and oxygen atoms in total. The van der Waals surface area contributed by atoms with E-state index in [1.54, 1.807) is 0 Å². The molecule has 1 aromatic rings. The van der Waals surface area contributed by atoms with Crippen LogP contribution in [0.2, 0.25) is 0 Å². The van der Waals surface area contributed by atoms with Gasteiger partial charge in [-0.3, -0.25) is 0 Å². The van der Waals surface area contributed by atoms with Gasteiger partial charge in [0, 0.05) is 19.6 Å². The maximum absolute atomic E-state index is 9.65. The summed E-state index contributed by atoms with van der Waals surface area (Å²) in [7, 11) is 0. The molecule has 1 atom stereocenters. The third kappa shape index (κ3) is 6.47. The summed E-state index contributed by atoms with van der Waals surface area (Å²) in [6.07, 6.45) is 0.568. The number of halogens is 1. The Balaban J connectivity index is 0.00000288. The Kier molecular flexibility index (Phi) is 9.43. The monoisotopic (exact) mass is 447 g/mol. The molecule has 1 fully saturated rings. The van der Waals surface area contributed by atoms with Gasteiger partial charge in [-0.1, -0.05) is 26.0 Å². The van der Waals surface area contributed by atoms with E-state index in [-0.39, 0.29) is 30.1 Å². The molecule has 1 aliphatic rings. The quantitative estimate of drug-likeness (QED) is 0.305. The molecular formula is C18H30IN3O2. The number of aliphatic hydroxyl groups excluding tert-OH is 1. The molecule has 136 valence electrons. The minimum Gasteiger partial charge on any atom is -0.492 e. The maximum atomic E-state index is 9.65. The number of benzene rings is 1.